The molecule has 1 aromatic carbocycles. The normalized spacial score (nSPS) is 14.9. The summed E-state index contributed by atoms with van der Waals surface area (Å²) in [6, 6.07) is 5.60. The Morgan fingerprint density at radius 3 is 2.61 bits per heavy atom. The lowest BCUT2D eigenvalue weighted by Gasteiger charge is -2.24. The third-order valence-electron chi connectivity index (χ3n) is 5.35. The van der Waals surface area contributed by atoms with Crippen molar-refractivity contribution in [2.75, 3.05) is 26.1 Å². The molecular weight excluding hydrogens is 418 g/mol. The lowest BCUT2D eigenvalue weighted by atomic mass is 9.97. The van der Waals surface area contributed by atoms with Crippen LogP contribution in [-0.4, -0.2) is 46.5 Å². The number of sulfonamides is 1. The number of amides is 1. The predicted molar refractivity (Wildman–Crippen MR) is 121 cm³/mol. The van der Waals surface area contributed by atoms with E-state index in [1.54, 1.807) is 7.11 Å². The number of carbonyl (C=O) groups is 1. The SMILES string of the molecule is CCCCCS(=O)(=O)NC(=O)CCc1ccc(OCCOC)cc1OC1CCCCC1. The number of benzene rings is 1. The third-order valence-corrected chi connectivity index (χ3v) is 6.71. The summed E-state index contributed by atoms with van der Waals surface area (Å²) >= 11 is 0. The van der Waals surface area contributed by atoms with Crippen LogP contribution in [0.15, 0.2) is 18.2 Å². The maximum Gasteiger partial charge on any atom is 0.234 e. The smallest absolute Gasteiger partial charge is 0.234 e. The van der Waals surface area contributed by atoms with E-state index in [9.17, 15) is 13.2 Å². The first-order valence-electron chi connectivity index (χ1n) is 11.4. The number of methoxy groups -OCH3 is 1. The highest BCUT2D eigenvalue weighted by Crippen LogP contribution is 2.30. The average molecular weight is 456 g/mol. The summed E-state index contributed by atoms with van der Waals surface area (Å²) in [4.78, 5) is 12.2. The Kier molecular flexibility index (Phi) is 11.2. The lowest BCUT2D eigenvalue weighted by Crippen LogP contribution is -2.32. The molecule has 0 spiro atoms. The fraction of sp³-hybridized carbons (Fsp3) is 0.696. The zero-order chi connectivity index (χ0) is 22.5. The van der Waals surface area contributed by atoms with Crippen LogP contribution < -0.4 is 14.2 Å². The lowest BCUT2D eigenvalue weighted by molar-refractivity contribution is -0.119. The number of aryl methyl sites for hydroxylation is 1. The van der Waals surface area contributed by atoms with Gasteiger partial charge < -0.3 is 14.2 Å². The Balaban J connectivity index is 1.99. The van der Waals surface area contributed by atoms with Gasteiger partial charge in [0.2, 0.25) is 15.9 Å². The molecule has 2 rings (SSSR count). The molecular formula is C23H37NO6S. The van der Waals surface area contributed by atoms with E-state index in [2.05, 4.69) is 4.72 Å². The summed E-state index contributed by atoms with van der Waals surface area (Å²) < 4.78 is 43.3. The van der Waals surface area contributed by atoms with Crippen LogP contribution >= 0.6 is 0 Å². The predicted octanol–water partition coefficient (Wildman–Crippen LogP) is 3.99. The van der Waals surface area contributed by atoms with E-state index >= 15 is 0 Å². The van der Waals surface area contributed by atoms with Gasteiger partial charge in [0.25, 0.3) is 0 Å². The highest BCUT2D eigenvalue weighted by molar-refractivity contribution is 7.90. The summed E-state index contributed by atoms with van der Waals surface area (Å²) in [6.45, 7) is 2.94. The van der Waals surface area contributed by atoms with Gasteiger partial charge in [0, 0.05) is 19.6 Å². The van der Waals surface area contributed by atoms with Crippen LogP contribution in [0.3, 0.4) is 0 Å². The van der Waals surface area contributed by atoms with E-state index in [1.165, 1.54) is 6.42 Å². The second-order valence-corrected chi connectivity index (χ2v) is 9.88. The molecule has 1 fully saturated rings. The molecule has 1 aliphatic rings. The van der Waals surface area contributed by atoms with E-state index < -0.39 is 15.9 Å². The highest BCUT2D eigenvalue weighted by atomic mass is 32.2. The first kappa shape index (κ1) is 25.5. The molecule has 0 heterocycles. The van der Waals surface area contributed by atoms with Gasteiger partial charge >= 0.3 is 0 Å². The number of hydrogen-bond acceptors (Lipinski definition) is 6. The number of nitrogens with one attached hydrogen (secondary N) is 1. The molecule has 1 N–H and O–H groups in total. The van der Waals surface area contributed by atoms with Gasteiger partial charge in [0.1, 0.15) is 18.1 Å². The van der Waals surface area contributed by atoms with Crippen molar-refractivity contribution in [3.8, 4) is 11.5 Å². The van der Waals surface area contributed by atoms with Crippen molar-refractivity contribution < 1.29 is 27.4 Å². The van der Waals surface area contributed by atoms with Crippen molar-refractivity contribution in [3.63, 3.8) is 0 Å². The van der Waals surface area contributed by atoms with Crippen molar-refractivity contribution >= 4 is 15.9 Å². The van der Waals surface area contributed by atoms with Crippen molar-refractivity contribution in [3.05, 3.63) is 23.8 Å². The number of hydrogen-bond donors (Lipinski definition) is 1. The van der Waals surface area contributed by atoms with Crippen LogP contribution in [0.4, 0.5) is 0 Å². The molecule has 7 nitrogen and oxygen atoms in total. The second kappa shape index (κ2) is 13.6. The van der Waals surface area contributed by atoms with E-state index in [0.717, 1.165) is 44.1 Å². The maximum atomic E-state index is 12.2. The fourth-order valence-electron chi connectivity index (χ4n) is 3.61. The summed E-state index contributed by atoms with van der Waals surface area (Å²) in [5, 5.41) is 0. The van der Waals surface area contributed by atoms with Gasteiger partial charge in [-0.1, -0.05) is 32.3 Å². The Hall–Kier alpha value is -1.80. The standard InChI is InChI=1S/C23H37NO6S/c1-3-4-8-17-31(26,27)24-23(25)14-12-19-11-13-21(29-16-15-28-2)18-22(19)30-20-9-6-5-7-10-20/h11,13,18,20H,3-10,12,14-17H2,1-2H3,(H,24,25). The molecule has 31 heavy (non-hydrogen) atoms. The highest BCUT2D eigenvalue weighted by Gasteiger charge is 2.19. The minimum atomic E-state index is -3.57. The van der Waals surface area contributed by atoms with Crippen molar-refractivity contribution in [2.45, 2.75) is 77.2 Å². The Bertz CT molecular complexity index is 774. The van der Waals surface area contributed by atoms with Crippen LogP contribution in [-0.2, 0) is 26.0 Å². The summed E-state index contributed by atoms with van der Waals surface area (Å²) in [6.07, 6.45) is 8.54. The Morgan fingerprint density at radius 2 is 1.90 bits per heavy atom. The molecule has 1 aromatic rings. The molecule has 0 saturated heterocycles. The van der Waals surface area contributed by atoms with E-state index in [4.69, 9.17) is 14.2 Å². The van der Waals surface area contributed by atoms with Crippen LogP contribution in [0.25, 0.3) is 0 Å². The molecule has 0 unspecified atom stereocenters. The maximum absolute atomic E-state index is 12.2. The van der Waals surface area contributed by atoms with Gasteiger partial charge in [-0.3, -0.25) is 9.52 Å². The summed E-state index contributed by atoms with van der Waals surface area (Å²) in [7, 11) is -1.95. The van der Waals surface area contributed by atoms with E-state index in [0.29, 0.717) is 37.6 Å². The number of rotatable bonds is 14. The average Bonchev–Trinajstić information content (AvgIpc) is 2.74. The second-order valence-electron chi connectivity index (χ2n) is 8.04. The Labute approximate surface area is 186 Å². The van der Waals surface area contributed by atoms with E-state index in [-0.39, 0.29) is 18.3 Å². The monoisotopic (exact) mass is 455 g/mol. The van der Waals surface area contributed by atoms with Crippen LogP contribution in [0.1, 0.15) is 70.3 Å². The van der Waals surface area contributed by atoms with Gasteiger partial charge in [0.05, 0.1) is 18.5 Å². The zero-order valence-electron chi connectivity index (χ0n) is 18.9. The molecule has 0 aliphatic heterocycles. The van der Waals surface area contributed by atoms with Crippen LogP contribution in [0.5, 0.6) is 11.5 Å². The molecule has 0 aromatic heterocycles. The van der Waals surface area contributed by atoms with Gasteiger partial charge in [-0.05, 0) is 50.2 Å². The molecule has 8 heteroatoms. The van der Waals surface area contributed by atoms with Crippen LogP contribution in [0.2, 0.25) is 0 Å². The minimum Gasteiger partial charge on any atom is -0.491 e. The van der Waals surface area contributed by atoms with Crippen LogP contribution in [0, 0.1) is 0 Å². The zero-order valence-corrected chi connectivity index (χ0v) is 19.7. The molecule has 1 aliphatic carbocycles. The van der Waals surface area contributed by atoms with Gasteiger partial charge in [-0.15, -0.1) is 0 Å². The van der Waals surface area contributed by atoms with Crippen molar-refractivity contribution in [1.29, 1.82) is 0 Å². The quantitative estimate of drug-likeness (QED) is 0.427. The van der Waals surface area contributed by atoms with Crippen molar-refractivity contribution in [1.82, 2.24) is 4.72 Å². The molecule has 0 radical (unpaired) electrons. The molecule has 0 atom stereocenters. The van der Waals surface area contributed by atoms with Gasteiger partial charge in [0.15, 0.2) is 0 Å². The molecule has 176 valence electrons. The molecule has 1 saturated carbocycles. The first-order valence-corrected chi connectivity index (χ1v) is 13.0. The number of carbonyl (C=O) groups excluding carboxylic acids is 1. The van der Waals surface area contributed by atoms with Gasteiger partial charge in [-0.25, -0.2) is 8.42 Å². The summed E-state index contributed by atoms with van der Waals surface area (Å²) in [5.41, 5.74) is 0.878. The topological polar surface area (TPSA) is 90.9 Å². The van der Waals surface area contributed by atoms with Gasteiger partial charge in [-0.2, -0.15) is 0 Å². The third kappa shape index (κ3) is 9.91. The van der Waals surface area contributed by atoms with Crippen molar-refractivity contribution in [2.24, 2.45) is 0 Å². The summed E-state index contributed by atoms with van der Waals surface area (Å²) in [5.74, 6) is 0.895. The minimum absolute atomic E-state index is 0.0177. The first-order chi connectivity index (χ1) is 14.9. The largest absolute Gasteiger partial charge is 0.491 e. The van der Waals surface area contributed by atoms with E-state index in [1.807, 2.05) is 25.1 Å². The fourth-order valence-corrected chi connectivity index (χ4v) is 4.75. The number of unbranched alkanes of at least 4 members (excludes halogenated alkanes) is 2. The molecule has 1 amide bonds. The number of ether oxygens (including phenoxy) is 3. The Morgan fingerprint density at radius 1 is 1.13 bits per heavy atom. The molecule has 0 bridgehead atoms.